The van der Waals surface area contributed by atoms with E-state index in [0.29, 0.717) is 6.42 Å². The highest BCUT2D eigenvalue weighted by molar-refractivity contribution is 5.87. The van der Waals surface area contributed by atoms with Crippen molar-refractivity contribution in [2.24, 2.45) is 7.05 Å². The van der Waals surface area contributed by atoms with Crippen molar-refractivity contribution in [2.75, 3.05) is 0 Å². The quantitative estimate of drug-likeness (QED) is 0.866. The lowest BCUT2D eigenvalue weighted by Gasteiger charge is -2.18. The number of alkyl halides is 5. The van der Waals surface area contributed by atoms with Gasteiger partial charge in [0.2, 0.25) is 0 Å². The SMILES string of the molecule is CCCc1nc(C(F)(F)C(F)(F)F)c(C(=O)O)n1C. The molecule has 1 heterocycles. The highest BCUT2D eigenvalue weighted by Gasteiger charge is 2.62. The molecule has 0 radical (unpaired) electrons. The summed E-state index contributed by atoms with van der Waals surface area (Å²) in [5.41, 5.74) is -2.91. The van der Waals surface area contributed by atoms with Crippen molar-refractivity contribution < 1.29 is 31.9 Å². The summed E-state index contributed by atoms with van der Waals surface area (Å²) in [6.07, 6.45) is -5.36. The number of nitrogens with zero attached hydrogens (tertiary/aromatic N) is 2. The Morgan fingerprint density at radius 1 is 1.32 bits per heavy atom. The number of carbonyl (C=O) groups is 1. The van der Waals surface area contributed by atoms with E-state index in [4.69, 9.17) is 5.11 Å². The molecule has 1 rings (SSSR count). The van der Waals surface area contributed by atoms with E-state index in [9.17, 15) is 26.7 Å². The molecule has 0 fully saturated rings. The van der Waals surface area contributed by atoms with Crippen LogP contribution >= 0.6 is 0 Å². The van der Waals surface area contributed by atoms with Crippen LogP contribution in [-0.2, 0) is 19.4 Å². The van der Waals surface area contributed by atoms with Gasteiger partial charge in [0.15, 0.2) is 11.4 Å². The minimum Gasteiger partial charge on any atom is -0.477 e. The first-order valence-electron chi connectivity index (χ1n) is 5.27. The molecule has 0 unspecified atom stereocenters. The Balaban J connectivity index is 3.51. The highest BCUT2D eigenvalue weighted by atomic mass is 19.4. The summed E-state index contributed by atoms with van der Waals surface area (Å²) in [5.74, 6) is -7.31. The number of carboxylic acids is 1. The predicted octanol–water partition coefficient (Wildman–Crippen LogP) is 2.72. The van der Waals surface area contributed by atoms with Crippen LogP contribution in [0.1, 0.15) is 35.4 Å². The smallest absolute Gasteiger partial charge is 0.459 e. The van der Waals surface area contributed by atoms with E-state index < -0.39 is 29.5 Å². The van der Waals surface area contributed by atoms with Crippen LogP contribution in [0.4, 0.5) is 22.0 Å². The molecular weight excluding hydrogens is 275 g/mol. The summed E-state index contributed by atoms with van der Waals surface area (Å²) in [7, 11) is 1.09. The van der Waals surface area contributed by atoms with Crippen LogP contribution < -0.4 is 0 Å². The van der Waals surface area contributed by atoms with Gasteiger partial charge in [-0.25, -0.2) is 9.78 Å². The molecule has 19 heavy (non-hydrogen) atoms. The number of aryl methyl sites for hydroxylation is 1. The monoisotopic (exact) mass is 286 g/mol. The van der Waals surface area contributed by atoms with E-state index in [1.54, 1.807) is 6.92 Å². The van der Waals surface area contributed by atoms with E-state index >= 15 is 0 Å². The Kier molecular flexibility index (Phi) is 3.87. The minimum atomic E-state index is -5.89. The predicted molar refractivity (Wildman–Crippen MR) is 54.1 cm³/mol. The van der Waals surface area contributed by atoms with Gasteiger partial charge in [0.05, 0.1) is 0 Å². The molecule has 1 N–H and O–H groups in total. The van der Waals surface area contributed by atoms with Gasteiger partial charge < -0.3 is 9.67 Å². The Hall–Kier alpha value is -1.67. The molecule has 0 saturated carbocycles. The fourth-order valence-electron chi connectivity index (χ4n) is 1.59. The second-order valence-corrected chi connectivity index (χ2v) is 3.91. The normalized spacial score (nSPS) is 12.8. The highest BCUT2D eigenvalue weighted by Crippen LogP contribution is 2.44. The average molecular weight is 286 g/mol. The molecule has 0 atom stereocenters. The van der Waals surface area contributed by atoms with Crippen molar-refractivity contribution in [3.63, 3.8) is 0 Å². The molecular formula is C10H11F5N2O2. The van der Waals surface area contributed by atoms with Gasteiger partial charge in [0.25, 0.3) is 0 Å². The van der Waals surface area contributed by atoms with Crippen LogP contribution in [0.15, 0.2) is 0 Å². The zero-order valence-electron chi connectivity index (χ0n) is 10.1. The molecule has 4 nitrogen and oxygen atoms in total. The largest absolute Gasteiger partial charge is 0.477 e. The van der Waals surface area contributed by atoms with Gasteiger partial charge in [-0.05, 0) is 6.42 Å². The van der Waals surface area contributed by atoms with Crippen LogP contribution in [0.3, 0.4) is 0 Å². The first kappa shape index (κ1) is 15.4. The molecule has 1 aromatic rings. The van der Waals surface area contributed by atoms with Gasteiger partial charge in [-0.3, -0.25) is 0 Å². The van der Waals surface area contributed by atoms with E-state index in [1.807, 2.05) is 0 Å². The third-order valence-electron chi connectivity index (χ3n) is 2.52. The number of aromatic nitrogens is 2. The molecule has 0 aromatic carbocycles. The van der Waals surface area contributed by atoms with Crippen molar-refractivity contribution in [1.29, 1.82) is 0 Å². The van der Waals surface area contributed by atoms with Gasteiger partial charge >= 0.3 is 18.1 Å². The Bertz CT molecular complexity index is 493. The lowest BCUT2D eigenvalue weighted by atomic mass is 10.2. The van der Waals surface area contributed by atoms with Crippen LogP contribution in [0, 0.1) is 0 Å². The number of aromatic carboxylic acids is 1. The van der Waals surface area contributed by atoms with Crippen molar-refractivity contribution in [3.05, 3.63) is 17.2 Å². The zero-order chi connectivity index (χ0) is 15.0. The number of carboxylic acid groups (broad SMARTS) is 1. The second kappa shape index (κ2) is 4.78. The molecule has 0 spiro atoms. The fraction of sp³-hybridized carbons (Fsp3) is 0.600. The Morgan fingerprint density at radius 3 is 2.21 bits per heavy atom. The Labute approximate surface area is 104 Å². The van der Waals surface area contributed by atoms with Crippen LogP contribution in [-0.4, -0.2) is 26.8 Å². The molecule has 0 bridgehead atoms. The molecule has 0 amide bonds. The lowest BCUT2D eigenvalue weighted by molar-refractivity contribution is -0.291. The first-order chi connectivity index (χ1) is 8.54. The third-order valence-corrected chi connectivity index (χ3v) is 2.52. The number of hydrogen-bond donors (Lipinski definition) is 1. The average Bonchev–Trinajstić information content (AvgIpc) is 2.56. The summed E-state index contributed by atoms with van der Waals surface area (Å²) in [6, 6.07) is 0. The fourth-order valence-corrected chi connectivity index (χ4v) is 1.59. The van der Waals surface area contributed by atoms with Gasteiger partial charge in [-0.2, -0.15) is 22.0 Å². The standard InChI is InChI=1S/C10H11F5N2O2/c1-3-4-5-16-7(6(8(18)19)17(5)2)9(11,12)10(13,14)15/h3-4H2,1-2H3,(H,18,19). The first-order valence-corrected chi connectivity index (χ1v) is 5.27. The molecule has 0 aliphatic heterocycles. The third kappa shape index (κ3) is 2.54. The number of rotatable bonds is 4. The molecule has 1 aromatic heterocycles. The number of hydrogen-bond acceptors (Lipinski definition) is 2. The van der Waals surface area contributed by atoms with E-state index in [1.165, 1.54) is 0 Å². The maximum absolute atomic E-state index is 13.3. The molecule has 0 aliphatic rings. The maximum atomic E-state index is 13.3. The maximum Gasteiger partial charge on any atom is 0.459 e. The van der Waals surface area contributed by atoms with Crippen molar-refractivity contribution in [3.8, 4) is 0 Å². The van der Waals surface area contributed by atoms with Crippen molar-refractivity contribution in [2.45, 2.75) is 31.9 Å². The topological polar surface area (TPSA) is 55.1 Å². The van der Waals surface area contributed by atoms with Crippen molar-refractivity contribution in [1.82, 2.24) is 9.55 Å². The van der Waals surface area contributed by atoms with Gasteiger partial charge in [0, 0.05) is 13.5 Å². The number of halogens is 5. The molecule has 0 saturated heterocycles. The zero-order valence-corrected chi connectivity index (χ0v) is 10.1. The van der Waals surface area contributed by atoms with Gasteiger partial charge in [-0.1, -0.05) is 6.92 Å². The molecule has 9 heteroatoms. The lowest BCUT2D eigenvalue weighted by Crippen LogP contribution is -2.35. The van der Waals surface area contributed by atoms with Crippen LogP contribution in [0.2, 0.25) is 0 Å². The summed E-state index contributed by atoms with van der Waals surface area (Å²) in [5, 5.41) is 8.80. The summed E-state index contributed by atoms with van der Waals surface area (Å²) in [4.78, 5) is 14.0. The molecule has 0 aliphatic carbocycles. The number of imidazole rings is 1. The van der Waals surface area contributed by atoms with E-state index in [-0.39, 0.29) is 12.2 Å². The van der Waals surface area contributed by atoms with E-state index in [2.05, 4.69) is 4.98 Å². The van der Waals surface area contributed by atoms with Crippen molar-refractivity contribution >= 4 is 5.97 Å². The molecule has 108 valence electrons. The van der Waals surface area contributed by atoms with Crippen LogP contribution in [0.5, 0.6) is 0 Å². The summed E-state index contributed by atoms with van der Waals surface area (Å²) >= 11 is 0. The van der Waals surface area contributed by atoms with Gasteiger partial charge in [0.1, 0.15) is 5.82 Å². The Morgan fingerprint density at radius 2 is 1.84 bits per heavy atom. The van der Waals surface area contributed by atoms with Crippen LogP contribution in [0.25, 0.3) is 0 Å². The minimum absolute atomic E-state index is 0.102. The second-order valence-electron chi connectivity index (χ2n) is 3.91. The summed E-state index contributed by atoms with van der Waals surface area (Å²) < 4.78 is 64.1. The summed E-state index contributed by atoms with van der Waals surface area (Å²) in [6.45, 7) is 1.66. The van der Waals surface area contributed by atoms with Gasteiger partial charge in [-0.15, -0.1) is 0 Å². The van der Waals surface area contributed by atoms with E-state index in [0.717, 1.165) is 11.6 Å².